The molecule has 0 atom stereocenters. The van der Waals surface area contributed by atoms with Crippen LogP contribution in [0.2, 0.25) is 0 Å². The summed E-state index contributed by atoms with van der Waals surface area (Å²) in [6, 6.07) is 6.68. The molecule has 1 aromatic carbocycles. The minimum atomic E-state index is -0.934. The molecule has 0 aliphatic heterocycles. The van der Waals surface area contributed by atoms with Gasteiger partial charge < -0.3 is 0 Å². The molecule has 0 amide bonds. The van der Waals surface area contributed by atoms with Gasteiger partial charge in [0.15, 0.2) is 12.5 Å². The van der Waals surface area contributed by atoms with Gasteiger partial charge in [-0.25, -0.2) is 4.39 Å². The number of rotatable bonds is 2. The van der Waals surface area contributed by atoms with Crippen molar-refractivity contribution in [3.8, 4) is 0 Å². The van der Waals surface area contributed by atoms with Crippen LogP contribution in [0.15, 0.2) is 28.7 Å². The molecule has 0 radical (unpaired) electrons. The standard InChI is InChI=1S/C8H6BrFO/c9-7-3-1-2-6(4-7)8(11)5-10/h1-4H,5H2. The van der Waals surface area contributed by atoms with E-state index in [1.807, 2.05) is 0 Å². The van der Waals surface area contributed by atoms with Crippen LogP contribution in [0, 0.1) is 0 Å². The van der Waals surface area contributed by atoms with Gasteiger partial charge >= 0.3 is 0 Å². The fraction of sp³-hybridized carbons (Fsp3) is 0.125. The number of benzene rings is 1. The van der Waals surface area contributed by atoms with Crippen molar-refractivity contribution >= 4 is 21.7 Å². The first-order valence-corrected chi connectivity index (χ1v) is 3.88. The summed E-state index contributed by atoms with van der Waals surface area (Å²) in [4.78, 5) is 10.8. The lowest BCUT2D eigenvalue weighted by Crippen LogP contribution is -1.99. The van der Waals surface area contributed by atoms with E-state index in [-0.39, 0.29) is 0 Å². The van der Waals surface area contributed by atoms with Crippen LogP contribution in [0.3, 0.4) is 0 Å². The van der Waals surface area contributed by atoms with Crippen LogP contribution in [0.4, 0.5) is 4.39 Å². The molecule has 3 heteroatoms. The van der Waals surface area contributed by atoms with Crippen LogP contribution in [0.5, 0.6) is 0 Å². The predicted octanol–water partition coefficient (Wildman–Crippen LogP) is 2.60. The number of alkyl halides is 1. The molecule has 1 rings (SSSR count). The average Bonchev–Trinajstić information content (AvgIpc) is 2.03. The third-order valence-electron chi connectivity index (χ3n) is 1.27. The van der Waals surface area contributed by atoms with Crippen LogP contribution < -0.4 is 0 Å². The first kappa shape index (κ1) is 8.40. The molecule has 0 spiro atoms. The number of carbonyl (C=O) groups is 1. The Balaban J connectivity index is 2.96. The van der Waals surface area contributed by atoms with Gasteiger partial charge in [0.05, 0.1) is 0 Å². The molecule has 1 nitrogen and oxygen atoms in total. The van der Waals surface area contributed by atoms with Crippen LogP contribution in [0.25, 0.3) is 0 Å². The van der Waals surface area contributed by atoms with E-state index >= 15 is 0 Å². The maximum atomic E-state index is 11.8. The second-order valence-electron chi connectivity index (χ2n) is 2.07. The fourth-order valence-electron chi connectivity index (χ4n) is 0.739. The number of hydrogen-bond donors (Lipinski definition) is 0. The number of carbonyl (C=O) groups excluding carboxylic acids is 1. The average molecular weight is 217 g/mol. The van der Waals surface area contributed by atoms with Gasteiger partial charge in [0.2, 0.25) is 0 Å². The van der Waals surface area contributed by atoms with E-state index in [4.69, 9.17) is 0 Å². The van der Waals surface area contributed by atoms with Crippen molar-refractivity contribution in [1.82, 2.24) is 0 Å². The van der Waals surface area contributed by atoms with Gasteiger partial charge in [0.1, 0.15) is 0 Å². The molecular formula is C8H6BrFO. The van der Waals surface area contributed by atoms with E-state index in [1.165, 1.54) is 0 Å². The maximum absolute atomic E-state index is 11.8. The Morgan fingerprint density at radius 3 is 2.82 bits per heavy atom. The third kappa shape index (κ3) is 2.12. The summed E-state index contributed by atoms with van der Waals surface area (Å²) in [5.41, 5.74) is 0.405. The zero-order valence-corrected chi connectivity index (χ0v) is 7.27. The van der Waals surface area contributed by atoms with Crippen molar-refractivity contribution in [3.05, 3.63) is 34.3 Å². The zero-order chi connectivity index (χ0) is 8.27. The molecule has 0 heterocycles. The summed E-state index contributed by atoms with van der Waals surface area (Å²) in [5, 5.41) is 0. The van der Waals surface area contributed by atoms with Gasteiger partial charge in [-0.15, -0.1) is 0 Å². The highest BCUT2D eigenvalue weighted by Gasteiger charge is 2.03. The summed E-state index contributed by atoms with van der Waals surface area (Å²) in [7, 11) is 0. The minimum absolute atomic E-state index is 0.405. The largest absolute Gasteiger partial charge is 0.291 e. The monoisotopic (exact) mass is 216 g/mol. The fourth-order valence-corrected chi connectivity index (χ4v) is 1.14. The number of Topliss-reactive ketones (excluding diaryl/α,β-unsaturated/α-hetero) is 1. The molecule has 0 aliphatic rings. The second-order valence-corrected chi connectivity index (χ2v) is 2.98. The molecule has 0 aromatic heterocycles. The number of ketones is 1. The lowest BCUT2D eigenvalue weighted by molar-refractivity contribution is 0.0958. The smallest absolute Gasteiger partial charge is 0.193 e. The Kier molecular flexibility index (Phi) is 2.76. The molecule has 11 heavy (non-hydrogen) atoms. The Bertz CT molecular complexity index is 273. The highest BCUT2D eigenvalue weighted by Crippen LogP contribution is 2.11. The van der Waals surface area contributed by atoms with Gasteiger partial charge in [0.25, 0.3) is 0 Å². The molecule has 0 N–H and O–H groups in total. The Morgan fingerprint density at radius 1 is 1.55 bits per heavy atom. The second kappa shape index (κ2) is 3.62. The third-order valence-corrected chi connectivity index (χ3v) is 1.76. The zero-order valence-electron chi connectivity index (χ0n) is 5.68. The van der Waals surface area contributed by atoms with Crippen molar-refractivity contribution in [2.45, 2.75) is 0 Å². The highest BCUT2D eigenvalue weighted by molar-refractivity contribution is 9.10. The quantitative estimate of drug-likeness (QED) is 0.695. The molecule has 0 fully saturated rings. The summed E-state index contributed by atoms with van der Waals surface area (Å²) in [5.74, 6) is -0.480. The number of halogens is 2. The maximum Gasteiger partial charge on any atom is 0.193 e. The Hall–Kier alpha value is -0.700. The van der Waals surface area contributed by atoms with E-state index in [0.29, 0.717) is 5.56 Å². The molecule has 1 aromatic rings. The Morgan fingerprint density at radius 2 is 2.27 bits per heavy atom. The summed E-state index contributed by atoms with van der Waals surface area (Å²) in [6.07, 6.45) is 0. The molecule has 0 saturated carbocycles. The molecule has 0 unspecified atom stereocenters. The Labute approximate surface area is 72.4 Å². The van der Waals surface area contributed by atoms with Crippen LogP contribution in [-0.2, 0) is 0 Å². The minimum Gasteiger partial charge on any atom is -0.291 e. The van der Waals surface area contributed by atoms with Crippen LogP contribution >= 0.6 is 15.9 Å². The van der Waals surface area contributed by atoms with Gasteiger partial charge in [-0.1, -0.05) is 28.1 Å². The van der Waals surface area contributed by atoms with E-state index in [9.17, 15) is 9.18 Å². The van der Waals surface area contributed by atoms with E-state index < -0.39 is 12.5 Å². The van der Waals surface area contributed by atoms with E-state index in [1.54, 1.807) is 24.3 Å². The van der Waals surface area contributed by atoms with Gasteiger partial charge in [0, 0.05) is 10.0 Å². The van der Waals surface area contributed by atoms with Crippen LogP contribution in [0.1, 0.15) is 10.4 Å². The molecule has 0 saturated heterocycles. The van der Waals surface area contributed by atoms with Crippen molar-refractivity contribution in [2.75, 3.05) is 6.67 Å². The predicted molar refractivity (Wildman–Crippen MR) is 44.4 cm³/mol. The first-order chi connectivity index (χ1) is 5.24. The van der Waals surface area contributed by atoms with E-state index in [0.717, 1.165) is 4.47 Å². The summed E-state index contributed by atoms with van der Waals surface area (Å²) < 4.78 is 12.6. The lowest BCUT2D eigenvalue weighted by atomic mass is 10.1. The first-order valence-electron chi connectivity index (χ1n) is 3.09. The van der Waals surface area contributed by atoms with Gasteiger partial charge in [-0.05, 0) is 12.1 Å². The van der Waals surface area contributed by atoms with Crippen molar-refractivity contribution in [2.24, 2.45) is 0 Å². The van der Waals surface area contributed by atoms with Crippen molar-refractivity contribution in [1.29, 1.82) is 0 Å². The van der Waals surface area contributed by atoms with Crippen molar-refractivity contribution in [3.63, 3.8) is 0 Å². The van der Waals surface area contributed by atoms with E-state index in [2.05, 4.69) is 15.9 Å². The SMILES string of the molecule is O=C(CF)c1cccc(Br)c1. The summed E-state index contributed by atoms with van der Waals surface area (Å²) in [6.45, 7) is -0.934. The summed E-state index contributed by atoms with van der Waals surface area (Å²) >= 11 is 3.18. The van der Waals surface area contributed by atoms with Gasteiger partial charge in [-0.3, -0.25) is 4.79 Å². The topological polar surface area (TPSA) is 17.1 Å². The lowest BCUT2D eigenvalue weighted by Gasteiger charge is -1.95. The van der Waals surface area contributed by atoms with Crippen LogP contribution in [-0.4, -0.2) is 12.5 Å². The number of hydrogen-bond acceptors (Lipinski definition) is 1. The van der Waals surface area contributed by atoms with Crippen molar-refractivity contribution < 1.29 is 9.18 Å². The molecule has 0 aliphatic carbocycles. The molecule has 0 bridgehead atoms. The normalized spacial score (nSPS) is 9.64. The molecular weight excluding hydrogens is 211 g/mol. The molecule has 58 valence electrons. The van der Waals surface area contributed by atoms with Gasteiger partial charge in [-0.2, -0.15) is 0 Å². The highest BCUT2D eigenvalue weighted by atomic mass is 79.9.